The summed E-state index contributed by atoms with van der Waals surface area (Å²) in [4.78, 5) is 11.0. The highest BCUT2D eigenvalue weighted by atomic mass is 16.2. The Morgan fingerprint density at radius 3 is 2.69 bits per heavy atom. The molecule has 0 bridgehead atoms. The molecule has 13 heavy (non-hydrogen) atoms. The van der Waals surface area contributed by atoms with Crippen LogP contribution in [0.15, 0.2) is 0 Å². The van der Waals surface area contributed by atoms with E-state index in [1.54, 1.807) is 0 Å². The molecule has 1 atom stereocenters. The number of rotatable bonds is 3. The highest BCUT2D eigenvalue weighted by molar-refractivity contribution is 5.74. The molecule has 3 heteroatoms. The molecule has 1 rings (SSSR count). The first-order valence-electron chi connectivity index (χ1n) is 4.51. The maximum Gasteiger partial charge on any atom is 0.315 e. The third kappa shape index (κ3) is 2.98. The Hall–Kier alpha value is -1.17. The zero-order valence-corrected chi connectivity index (χ0v) is 8.18. The van der Waals surface area contributed by atoms with Crippen molar-refractivity contribution in [2.24, 2.45) is 11.3 Å². The Labute approximate surface area is 79.3 Å². The van der Waals surface area contributed by atoms with Crippen LogP contribution in [0.3, 0.4) is 0 Å². The molecule has 0 aromatic carbocycles. The van der Waals surface area contributed by atoms with Crippen LogP contribution in [0.5, 0.6) is 0 Å². The number of nitrogens with one attached hydrogen (secondary N) is 2. The average Bonchev–Trinajstić information content (AvgIpc) is 2.67. The Kier molecular flexibility index (Phi) is 2.82. The molecule has 2 N–H and O–H groups in total. The smallest absolute Gasteiger partial charge is 0.315 e. The number of terminal acetylenes is 1. The fourth-order valence-electron chi connectivity index (χ4n) is 1.33. The van der Waals surface area contributed by atoms with E-state index in [9.17, 15) is 4.79 Å². The molecule has 0 spiro atoms. The summed E-state index contributed by atoms with van der Waals surface area (Å²) < 4.78 is 0. The average molecular weight is 180 g/mol. The maximum absolute atomic E-state index is 11.0. The first-order chi connectivity index (χ1) is 6.06. The molecule has 1 aliphatic rings. The minimum absolute atomic E-state index is 0.166. The van der Waals surface area contributed by atoms with Crippen LogP contribution in [0.25, 0.3) is 0 Å². The standard InChI is InChI=1S/C10H16N2O/c1-4-5-11-9(13)12-7-8-6-10(8,2)3/h1,8H,5-7H2,2-3H3,(H2,11,12,13). The van der Waals surface area contributed by atoms with Crippen molar-refractivity contribution in [3.05, 3.63) is 0 Å². The molecule has 1 aliphatic carbocycles. The van der Waals surface area contributed by atoms with E-state index in [0.29, 0.717) is 17.9 Å². The van der Waals surface area contributed by atoms with Crippen LogP contribution in [0.4, 0.5) is 4.79 Å². The summed E-state index contributed by atoms with van der Waals surface area (Å²) in [6.07, 6.45) is 6.19. The second-order valence-corrected chi connectivity index (χ2v) is 4.16. The first-order valence-corrected chi connectivity index (χ1v) is 4.51. The van der Waals surface area contributed by atoms with Crippen molar-refractivity contribution in [2.75, 3.05) is 13.1 Å². The molecule has 1 saturated carbocycles. The highest BCUT2D eigenvalue weighted by Crippen LogP contribution is 2.50. The lowest BCUT2D eigenvalue weighted by molar-refractivity contribution is 0.241. The molecular weight excluding hydrogens is 164 g/mol. The summed E-state index contributed by atoms with van der Waals surface area (Å²) >= 11 is 0. The van der Waals surface area contributed by atoms with Crippen molar-refractivity contribution >= 4 is 6.03 Å². The monoisotopic (exact) mass is 180 g/mol. The van der Waals surface area contributed by atoms with Crippen molar-refractivity contribution < 1.29 is 4.79 Å². The molecule has 0 aliphatic heterocycles. The Balaban J connectivity index is 2.07. The van der Waals surface area contributed by atoms with Crippen LogP contribution in [-0.4, -0.2) is 19.1 Å². The first kappa shape index (κ1) is 9.91. The van der Waals surface area contributed by atoms with Crippen molar-refractivity contribution in [1.29, 1.82) is 0 Å². The molecule has 1 unspecified atom stereocenters. The predicted molar refractivity (Wildman–Crippen MR) is 52.1 cm³/mol. The van der Waals surface area contributed by atoms with E-state index < -0.39 is 0 Å². The number of carbonyl (C=O) groups excluding carboxylic acids is 1. The van der Waals surface area contributed by atoms with Crippen molar-refractivity contribution in [2.45, 2.75) is 20.3 Å². The number of amides is 2. The molecular formula is C10H16N2O. The van der Waals surface area contributed by atoms with Gasteiger partial charge < -0.3 is 10.6 Å². The van der Waals surface area contributed by atoms with Gasteiger partial charge >= 0.3 is 6.03 Å². The predicted octanol–water partition coefficient (Wildman–Crippen LogP) is 0.965. The van der Waals surface area contributed by atoms with Crippen molar-refractivity contribution in [1.82, 2.24) is 10.6 Å². The topological polar surface area (TPSA) is 41.1 Å². The zero-order chi connectivity index (χ0) is 9.90. The van der Waals surface area contributed by atoms with Gasteiger partial charge in [0, 0.05) is 6.54 Å². The molecule has 0 aromatic rings. The van der Waals surface area contributed by atoms with E-state index in [0.717, 1.165) is 6.54 Å². The Bertz CT molecular complexity index is 240. The molecule has 2 amide bonds. The third-order valence-corrected chi connectivity index (χ3v) is 2.58. The van der Waals surface area contributed by atoms with E-state index >= 15 is 0 Å². The van der Waals surface area contributed by atoms with Gasteiger partial charge in [0.15, 0.2) is 0 Å². The summed E-state index contributed by atoms with van der Waals surface area (Å²) in [6, 6.07) is -0.166. The van der Waals surface area contributed by atoms with Crippen molar-refractivity contribution in [3.63, 3.8) is 0 Å². The minimum atomic E-state index is -0.166. The van der Waals surface area contributed by atoms with E-state index in [1.165, 1.54) is 6.42 Å². The molecule has 0 saturated heterocycles. The van der Waals surface area contributed by atoms with E-state index in [1.807, 2.05) is 0 Å². The lowest BCUT2D eigenvalue weighted by Gasteiger charge is -2.06. The van der Waals surface area contributed by atoms with Gasteiger partial charge in [-0.05, 0) is 17.8 Å². The van der Waals surface area contributed by atoms with Gasteiger partial charge in [0.1, 0.15) is 0 Å². The molecule has 1 fully saturated rings. The Morgan fingerprint density at radius 1 is 1.62 bits per heavy atom. The van der Waals surface area contributed by atoms with Gasteiger partial charge in [0.25, 0.3) is 0 Å². The van der Waals surface area contributed by atoms with Crippen molar-refractivity contribution in [3.8, 4) is 12.3 Å². The SMILES string of the molecule is C#CCNC(=O)NCC1CC1(C)C. The van der Waals surface area contributed by atoms with Gasteiger partial charge in [0.05, 0.1) is 6.54 Å². The summed E-state index contributed by atoms with van der Waals surface area (Å²) in [6.45, 7) is 5.46. The van der Waals surface area contributed by atoms with Gasteiger partial charge in [-0.15, -0.1) is 6.42 Å². The molecule has 0 radical (unpaired) electrons. The zero-order valence-electron chi connectivity index (χ0n) is 8.18. The fourth-order valence-corrected chi connectivity index (χ4v) is 1.33. The largest absolute Gasteiger partial charge is 0.338 e. The van der Waals surface area contributed by atoms with Crippen LogP contribution in [0.1, 0.15) is 20.3 Å². The second kappa shape index (κ2) is 3.69. The number of carbonyl (C=O) groups is 1. The maximum atomic E-state index is 11.0. The third-order valence-electron chi connectivity index (χ3n) is 2.58. The summed E-state index contributed by atoms with van der Waals surface area (Å²) in [5.41, 5.74) is 0.416. The summed E-state index contributed by atoms with van der Waals surface area (Å²) in [5, 5.41) is 5.35. The molecule has 0 heterocycles. The quantitative estimate of drug-likeness (QED) is 0.624. The number of hydrogen-bond donors (Lipinski definition) is 2. The summed E-state index contributed by atoms with van der Waals surface area (Å²) in [7, 11) is 0. The van der Waals surface area contributed by atoms with Gasteiger partial charge in [0.2, 0.25) is 0 Å². The number of hydrogen-bond acceptors (Lipinski definition) is 1. The van der Waals surface area contributed by atoms with Crippen LogP contribution in [0.2, 0.25) is 0 Å². The van der Waals surface area contributed by atoms with Crippen LogP contribution in [0, 0.1) is 23.7 Å². The minimum Gasteiger partial charge on any atom is -0.338 e. The molecule has 3 nitrogen and oxygen atoms in total. The number of urea groups is 1. The fraction of sp³-hybridized carbons (Fsp3) is 0.700. The second-order valence-electron chi connectivity index (χ2n) is 4.16. The van der Waals surface area contributed by atoms with Crippen LogP contribution < -0.4 is 10.6 Å². The van der Waals surface area contributed by atoms with E-state index in [-0.39, 0.29) is 6.03 Å². The van der Waals surface area contributed by atoms with Gasteiger partial charge in [-0.1, -0.05) is 19.8 Å². The van der Waals surface area contributed by atoms with E-state index in [2.05, 4.69) is 30.4 Å². The van der Waals surface area contributed by atoms with Crippen LogP contribution in [-0.2, 0) is 0 Å². The summed E-state index contributed by atoms with van der Waals surface area (Å²) in [5.74, 6) is 2.97. The van der Waals surface area contributed by atoms with Gasteiger partial charge in [-0.2, -0.15) is 0 Å². The van der Waals surface area contributed by atoms with Gasteiger partial charge in [-0.3, -0.25) is 0 Å². The lowest BCUT2D eigenvalue weighted by atomic mass is 10.1. The van der Waals surface area contributed by atoms with E-state index in [4.69, 9.17) is 6.42 Å². The normalized spacial score (nSPS) is 23.0. The highest BCUT2D eigenvalue weighted by Gasteiger charge is 2.45. The lowest BCUT2D eigenvalue weighted by Crippen LogP contribution is -2.37. The molecule has 72 valence electrons. The Morgan fingerprint density at radius 2 is 2.23 bits per heavy atom. The molecule has 0 aromatic heterocycles. The van der Waals surface area contributed by atoms with Crippen LogP contribution >= 0.6 is 0 Å². The van der Waals surface area contributed by atoms with Gasteiger partial charge in [-0.25, -0.2) is 4.79 Å².